The summed E-state index contributed by atoms with van der Waals surface area (Å²) in [7, 11) is 3.33. The molecule has 1 amide bonds. The first kappa shape index (κ1) is 27.0. The van der Waals surface area contributed by atoms with E-state index in [0.717, 1.165) is 45.9 Å². The quantitative estimate of drug-likeness (QED) is 0.304. The zero-order valence-corrected chi connectivity index (χ0v) is 23.7. The lowest BCUT2D eigenvalue weighted by atomic mass is 9.93. The van der Waals surface area contributed by atoms with Gasteiger partial charge < -0.3 is 14.4 Å². The molecule has 3 aromatic rings. The van der Waals surface area contributed by atoms with Gasteiger partial charge in [0.1, 0.15) is 11.8 Å². The van der Waals surface area contributed by atoms with Gasteiger partial charge in [0.05, 0.1) is 31.4 Å². The van der Waals surface area contributed by atoms with Crippen LogP contribution in [0.25, 0.3) is 0 Å². The SMILES string of the molecule is COC1=CC=C(CN2C(=O)C(Cc3ccccc3Cl)N=C(c3ccc(OC)cc3)c3cc(Cl)ccc32)CC1C. The van der Waals surface area contributed by atoms with Crippen LogP contribution in [0.15, 0.2) is 95.2 Å². The number of benzodiazepines with no additional fused rings is 1. The summed E-state index contributed by atoms with van der Waals surface area (Å²) < 4.78 is 10.9. The van der Waals surface area contributed by atoms with E-state index in [0.29, 0.717) is 28.7 Å². The average molecular weight is 562 g/mol. The van der Waals surface area contributed by atoms with Crippen LogP contribution in [0.4, 0.5) is 5.69 Å². The normalized spacial score (nSPS) is 18.9. The molecule has 7 heteroatoms. The summed E-state index contributed by atoms with van der Waals surface area (Å²) in [5.74, 6) is 1.82. The summed E-state index contributed by atoms with van der Waals surface area (Å²) in [6.45, 7) is 2.57. The number of hydrogen-bond donors (Lipinski definition) is 0. The number of amides is 1. The molecule has 0 spiro atoms. The van der Waals surface area contributed by atoms with Gasteiger partial charge in [0.2, 0.25) is 0 Å². The molecular weight excluding hydrogens is 531 g/mol. The maximum absolute atomic E-state index is 14.3. The molecule has 200 valence electrons. The van der Waals surface area contributed by atoms with E-state index in [9.17, 15) is 4.79 Å². The van der Waals surface area contributed by atoms with Crippen LogP contribution in [0.1, 0.15) is 30.0 Å². The van der Waals surface area contributed by atoms with Gasteiger partial charge in [-0.1, -0.05) is 54.4 Å². The number of benzene rings is 3. The number of fused-ring (bicyclic) bond motifs is 1. The number of ether oxygens (including phenoxy) is 2. The number of rotatable bonds is 7. The van der Waals surface area contributed by atoms with Crippen molar-refractivity contribution in [3.05, 3.63) is 117 Å². The predicted octanol–water partition coefficient (Wildman–Crippen LogP) is 7.29. The summed E-state index contributed by atoms with van der Waals surface area (Å²) in [6.07, 6.45) is 5.23. The molecule has 0 N–H and O–H groups in total. The van der Waals surface area contributed by atoms with E-state index in [1.807, 2.05) is 77.7 Å². The van der Waals surface area contributed by atoms with Gasteiger partial charge in [-0.3, -0.25) is 9.79 Å². The molecule has 2 aliphatic rings. The number of carbonyl (C=O) groups is 1. The van der Waals surface area contributed by atoms with Crippen LogP contribution >= 0.6 is 23.2 Å². The van der Waals surface area contributed by atoms with E-state index >= 15 is 0 Å². The molecule has 0 radical (unpaired) electrons. The van der Waals surface area contributed by atoms with E-state index in [1.54, 1.807) is 14.2 Å². The molecule has 3 aromatic carbocycles. The van der Waals surface area contributed by atoms with E-state index in [1.165, 1.54) is 0 Å². The molecule has 0 fully saturated rings. The van der Waals surface area contributed by atoms with E-state index in [4.69, 9.17) is 37.7 Å². The third-order valence-electron chi connectivity index (χ3n) is 7.21. The summed E-state index contributed by atoms with van der Waals surface area (Å²) in [6, 6.07) is 20.2. The molecule has 0 saturated carbocycles. The molecule has 2 atom stereocenters. The van der Waals surface area contributed by atoms with Crippen LogP contribution < -0.4 is 9.64 Å². The number of anilines is 1. The Balaban J connectivity index is 1.64. The number of aliphatic imine (C=N–C) groups is 1. The van der Waals surface area contributed by atoms with Crippen LogP contribution in [-0.4, -0.2) is 38.4 Å². The number of allylic oxidation sites excluding steroid dienone is 3. The fourth-order valence-electron chi connectivity index (χ4n) is 5.18. The van der Waals surface area contributed by atoms with Crippen LogP contribution in [0.5, 0.6) is 5.75 Å². The molecule has 0 bridgehead atoms. The second-order valence-electron chi connectivity index (χ2n) is 9.81. The largest absolute Gasteiger partial charge is 0.501 e. The van der Waals surface area contributed by atoms with Crippen molar-refractivity contribution in [3.63, 3.8) is 0 Å². The Bertz CT molecular complexity index is 1480. The Hall–Kier alpha value is -3.54. The van der Waals surface area contributed by atoms with Gasteiger partial charge in [-0.2, -0.15) is 0 Å². The van der Waals surface area contributed by atoms with Gasteiger partial charge >= 0.3 is 0 Å². The lowest BCUT2D eigenvalue weighted by Gasteiger charge is -2.29. The van der Waals surface area contributed by atoms with Gasteiger partial charge in [-0.15, -0.1) is 0 Å². The Morgan fingerprint density at radius 2 is 1.74 bits per heavy atom. The highest BCUT2D eigenvalue weighted by Crippen LogP contribution is 2.35. The second kappa shape index (κ2) is 11.7. The van der Waals surface area contributed by atoms with E-state index in [2.05, 4.69) is 13.0 Å². The van der Waals surface area contributed by atoms with Crippen molar-refractivity contribution < 1.29 is 14.3 Å². The van der Waals surface area contributed by atoms with Gasteiger partial charge in [0.25, 0.3) is 5.91 Å². The molecule has 1 heterocycles. The van der Waals surface area contributed by atoms with E-state index < -0.39 is 6.04 Å². The molecule has 39 heavy (non-hydrogen) atoms. The molecule has 5 nitrogen and oxygen atoms in total. The van der Waals surface area contributed by atoms with Crippen LogP contribution in [0.3, 0.4) is 0 Å². The van der Waals surface area contributed by atoms with Crippen molar-refractivity contribution in [1.82, 2.24) is 0 Å². The average Bonchev–Trinajstić information content (AvgIpc) is 3.05. The van der Waals surface area contributed by atoms with Crippen molar-refractivity contribution >= 4 is 40.5 Å². The van der Waals surface area contributed by atoms with Gasteiger partial charge in [0.15, 0.2) is 0 Å². The molecule has 2 unspecified atom stereocenters. The van der Waals surface area contributed by atoms with Crippen molar-refractivity contribution in [2.75, 3.05) is 25.7 Å². The highest BCUT2D eigenvalue weighted by molar-refractivity contribution is 6.32. The minimum atomic E-state index is -0.681. The minimum absolute atomic E-state index is 0.0860. The van der Waals surface area contributed by atoms with Crippen molar-refractivity contribution in [2.24, 2.45) is 10.9 Å². The van der Waals surface area contributed by atoms with Crippen LogP contribution in [0.2, 0.25) is 10.0 Å². The smallest absolute Gasteiger partial charge is 0.252 e. The van der Waals surface area contributed by atoms with Crippen molar-refractivity contribution in [3.8, 4) is 5.75 Å². The first-order valence-electron chi connectivity index (χ1n) is 12.9. The third-order valence-corrected chi connectivity index (χ3v) is 7.81. The third kappa shape index (κ3) is 5.75. The number of nitrogens with zero attached hydrogens (tertiary/aromatic N) is 2. The van der Waals surface area contributed by atoms with Gasteiger partial charge in [-0.25, -0.2) is 0 Å². The van der Waals surface area contributed by atoms with Crippen molar-refractivity contribution in [2.45, 2.75) is 25.8 Å². The molecule has 1 aliphatic carbocycles. The monoisotopic (exact) mass is 560 g/mol. The summed E-state index contributed by atoms with van der Waals surface area (Å²) in [4.78, 5) is 21.3. The second-order valence-corrected chi connectivity index (χ2v) is 10.7. The highest BCUT2D eigenvalue weighted by atomic mass is 35.5. The number of methoxy groups -OCH3 is 2. The number of hydrogen-bond acceptors (Lipinski definition) is 4. The van der Waals surface area contributed by atoms with Crippen LogP contribution in [0, 0.1) is 5.92 Å². The first-order valence-corrected chi connectivity index (χ1v) is 13.6. The lowest BCUT2D eigenvalue weighted by molar-refractivity contribution is -0.119. The predicted molar refractivity (Wildman–Crippen MR) is 158 cm³/mol. The Kier molecular flexibility index (Phi) is 8.10. The standard InChI is InChI=1S/C32H30Cl2N2O3/c1-20-16-21(8-15-30(20)39-3)19-36-29-14-11-24(33)18-26(29)31(22-9-12-25(38-2)13-10-22)35-28(32(36)37)17-23-6-4-5-7-27(23)34/h4-15,18,20,28H,16-17,19H2,1-3H3. The fourth-order valence-corrected chi connectivity index (χ4v) is 5.56. The molecule has 0 saturated heterocycles. The molecule has 0 aromatic heterocycles. The summed E-state index contributed by atoms with van der Waals surface area (Å²) in [5.41, 5.74) is 5.17. The van der Waals surface area contributed by atoms with E-state index in [-0.39, 0.29) is 11.8 Å². The molecular formula is C32H30Cl2N2O3. The lowest BCUT2D eigenvalue weighted by Crippen LogP contribution is -2.40. The number of halogens is 2. The van der Waals surface area contributed by atoms with Gasteiger partial charge in [-0.05, 0) is 72.2 Å². The topological polar surface area (TPSA) is 51.1 Å². The molecule has 1 aliphatic heterocycles. The summed E-state index contributed by atoms with van der Waals surface area (Å²) >= 11 is 13.0. The zero-order valence-electron chi connectivity index (χ0n) is 22.2. The maximum atomic E-state index is 14.3. The number of carbonyl (C=O) groups excluding carboxylic acids is 1. The van der Waals surface area contributed by atoms with Crippen molar-refractivity contribution in [1.29, 1.82) is 0 Å². The Morgan fingerprint density at radius 1 is 0.974 bits per heavy atom. The zero-order chi connectivity index (χ0) is 27.5. The molecule has 5 rings (SSSR count). The highest BCUT2D eigenvalue weighted by Gasteiger charge is 2.33. The fraction of sp³-hybridized carbons (Fsp3) is 0.250. The Labute approximate surface area is 239 Å². The summed E-state index contributed by atoms with van der Waals surface area (Å²) in [5, 5.41) is 1.19. The maximum Gasteiger partial charge on any atom is 0.252 e. The Morgan fingerprint density at radius 3 is 2.44 bits per heavy atom. The van der Waals surface area contributed by atoms with Gasteiger partial charge in [0, 0.05) is 40.1 Å². The minimum Gasteiger partial charge on any atom is -0.501 e. The van der Waals surface area contributed by atoms with Crippen LogP contribution in [-0.2, 0) is 16.0 Å². The first-order chi connectivity index (χ1) is 18.9.